The molecule has 28 heavy (non-hydrogen) atoms. The molecule has 0 radical (unpaired) electrons. The first kappa shape index (κ1) is 21.7. The molecule has 2 rings (SSSR count). The van der Waals surface area contributed by atoms with E-state index in [-0.39, 0.29) is 23.7 Å². The highest BCUT2D eigenvalue weighted by molar-refractivity contribution is 5.95. The molecule has 1 aliphatic heterocycles. The Morgan fingerprint density at radius 3 is 2.18 bits per heavy atom. The monoisotopic (exact) mass is 390 g/mol. The second-order valence-electron chi connectivity index (χ2n) is 8.11. The Hall–Kier alpha value is -2.57. The van der Waals surface area contributed by atoms with Crippen LogP contribution in [0.5, 0.6) is 5.75 Å². The van der Waals surface area contributed by atoms with Gasteiger partial charge in [0.05, 0.1) is 13.0 Å². The lowest BCUT2D eigenvalue weighted by Gasteiger charge is -2.35. The van der Waals surface area contributed by atoms with Crippen LogP contribution in [-0.4, -0.2) is 49.0 Å². The Morgan fingerprint density at radius 1 is 1.11 bits per heavy atom. The number of carbonyl (C=O) groups excluding carboxylic acids is 3. The Kier molecular flexibility index (Phi) is 7.05. The third kappa shape index (κ3) is 5.71. The normalized spacial score (nSPS) is 16.2. The first-order chi connectivity index (χ1) is 13.1. The zero-order valence-electron chi connectivity index (χ0n) is 17.3. The fraction of sp³-hybridized carbons (Fsp3) is 0.571. The summed E-state index contributed by atoms with van der Waals surface area (Å²) in [5.41, 5.74) is 0.171. The van der Waals surface area contributed by atoms with Gasteiger partial charge in [-0.2, -0.15) is 0 Å². The van der Waals surface area contributed by atoms with E-state index < -0.39 is 11.5 Å². The predicted octanol–water partition coefficient (Wildman–Crippen LogP) is 2.85. The van der Waals surface area contributed by atoms with Gasteiger partial charge in [-0.15, -0.1) is 0 Å². The first-order valence-electron chi connectivity index (χ1n) is 9.56. The van der Waals surface area contributed by atoms with E-state index in [2.05, 4.69) is 5.32 Å². The van der Waals surface area contributed by atoms with Gasteiger partial charge in [0, 0.05) is 24.2 Å². The van der Waals surface area contributed by atoms with Crippen LogP contribution in [0.4, 0.5) is 5.69 Å². The van der Waals surface area contributed by atoms with E-state index >= 15 is 0 Å². The van der Waals surface area contributed by atoms with E-state index in [9.17, 15) is 14.4 Å². The van der Waals surface area contributed by atoms with Gasteiger partial charge in [0.2, 0.25) is 5.91 Å². The lowest BCUT2D eigenvalue weighted by atomic mass is 9.91. The van der Waals surface area contributed by atoms with Gasteiger partial charge in [-0.25, -0.2) is 0 Å². The number of rotatable bonds is 5. The minimum Gasteiger partial charge on any atom is -0.497 e. The standard InChI is InChI=1S/C21H30N2O5/c1-14(18(24)22-16-6-8-17(27-5)9-7-16)28-19(25)15-10-12-23(13-11-15)20(26)21(2,3)4/h6-9,14-15H,10-13H2,1-5H3,(H,22,24)/t14-/m1/s1. The number of nitrogens with zero attached hydrogens (tertiary/aromatic N) is 1. The van der Waals surface area contributed by atoms with Crippen molar-refractivity contribution in [1.29, 1.82) is 0 Å². The van der Waals surface area contributed by atoms with E-state index in [0.717, 1.165) is 0 Å². The number of amides is 2. The van der Waals surface area contributed by atoms with Crippen LogP contribution < -0.4 is 10.1 Å². The van der Waals surface area contributed by atoms with E-state index in [4.69, 9.17) is 9.47 Å². The fourth-order valence-corrected chi connectivity index (χ4v) is 3.03. The summed E-state index contributed by atoms with van der Waals surface area (Å²) in [6, 6.07) is 6.90. The van der Waals surface area contributed by atoms with Crippen LogP contribution in [0.25, 0.3) is 0 Å². The molecule has 0 unspecified atom stereocenters. The van der Waals surface area contributed by atoms with Crippen molar-refractivity contribution in [2.75, 3.05) is 25.5 Å². The van der Waals surface area contributed by atoms with Crippen molar-refractivity contribution in [3.05, 3.63) is 24.3 Å². The summed E-state index contributed by atoms with van der Waals surface area (Å²) in [5, 5.41) is 2.72. The summed E-state index contributed by atoms with van der Waals surface area (Å²) in [6.45, 7) is 8.27. The Balaban J connectivity index is 1.82. The summed E-state index contributed by atoms with van der Waals surface area (Å²) >= 11 is 0. The van der Waals surface area contributed by atoms with Crippen molar-refractivity contribution in [2.45, 2.75) is 46.6 Å². The average Bonchev–Trinajstić information content (AvgIpc) is 2.67. The highest BCUT2D eigenvalue weighted by Gasteiger charge is 2.33. The molecule has 0 aromatic heterocycles. The number of anilines is 1. The quantitative estimate of drug-likeness (QED) is 0.782. The van der Waals surface area contributed by atoms with Crippen LogP contribution in [-0.2, 0) is 19.1 Å². The Labute approximate surface area is 166 Å². The van der Waals surface area contributed by atoms with Crippen molar-refractivity contribution >= 4 is 23.5 Å². The maximum Gasteiger partial charge on any atom is 0.309 e. The maximum atomic E-state index is 12.4. The number of ether oxygens (including phenoxy) is 2. The molecule has 1 heterocycles. The predicted molar refractivity (Wildman–Crippen MR) is 106 cm³/mol. The van der Waals surface area contributed by atoms with E-state index in [0.29, 0.717) is 37.4 Å². The van der Waals surface area contributed by atoms with Crippen molar-refractivity contribution in [1.82, 2.24) is 4.90 Å². The summed E-state index contributed by atoms with van der Waals surface area (Å²) in [5.74, 6) is -0.292. The number of nitrogens with one attached hydrogen (secondary N) is 1. The molecule has 154 valence electrons. The number of carbonyl (C=O) groups is 3. The van der Waals surface area contributed by atoms with Gasteiger partial charge < -0.3 is 19.7 Å². The molecule has 0 aliphatic carbocycles. The van der Waals surface area contributed by atoms with Crippen molar-refractivity contribution in [2.24, 2.45) is 11.3 Å². The molecule has 1 aliphatic rings. The number of piperidine rings is 1. The molecule has 0 saturated carbocycles. The molecule has 1 N–H and O–H groups in total. The minimum atomic E-state index is -0.899. The van der Waals surface area contributed by atoms with Gasteiger partial charge in [-0.3, -0.25) is 14.4 Å². The van der Waals surface area contributed by atoms with E-state index in [1.54, 1.807) is 43.2 Å². The van der Waals surface area contributed by atoms with Gasteiger partial charge in [-0.05, 0) is 44.0 Å². The van der Waals surface area contributed by atoms with Crippen LogP contribution >= 0.6 is 0 Å². The van der Waals surface area contributed by atoms with Gasteiger partial charge in [0.1, 0.15) is 5.75 Å². The number of likely N-dealkylation sites (tertiary alicyclic amines) is 1. The van der Waals surface area contributed by atoms with Crippen LogP contribution in [0, 0.1) is 11.3 Å². The number of hydrogen-bond acceptors (Lipinski definition) is 5. The third-order valence-electron chi connectivity index (χ3n) is 4.78. The SMILES string of the molecule is COc1ccc(NC(=O)[C@@H](C)OC(=O)C2CCN(C(=O)C(C)(C)C)CC2)cc1. The molecule has 1 aromatic carbocycles. The summed E-state index contributed by atoms with van der Waals surface area (Å²) in [6.07, 6.45) is 0.199. The van der Waals surface area contributed by atoms with Gasteiger partial charge in [0.25, 0.3) is 5.91 Å². The third-order valence-corrected chi connectivity index (χ3v) is 4.78. The number of benzene rings is 1. The van der Waals surface area contributed by atoms with Gasteiger partial charge in [0.15, 0.2) is 6.10 Å². The van der Waals surface area contributed by atoms with Crippen LogP contribution in [0.1, 0.15) is 40.5 Å². The first-order valence-corrected chi connectivity index (χ1v) is 9.56. The maximum absolute atomic E-state index is 12.4. The number of methoxy groups -OCH3 is 1. The van der Waals surface area contributed by atoms with Crippen LogP contribution in [0.3, 0.4) is 0 Å². The van der Waals surface area contributed by atoms with Crippen LogP contribution in [0.15, 0.2) is 24.3 Å². The lowest BCUT2D eigenvalue weighted by Crippen LogP contribution is -2.45. The van der Waals surface area contributed by atoms with Gasteiger partial charge in [-0.1, -0.05) is 20.8 Å². The van der Waals surface area contributed by atoms with Crippen molar-refractivity contribution < 1.29 is 23.9 Å². The second kappa shape index (κ2) is 9.08. The zero-order chi connectivity index (χ0) is 20.9. The molecule has 7 heteroatoms. The molecule has 1 atom stereocenters. The van der Waals surface area contributed by atoms with Crippen molar-refractivity contribution in [3.63, 3.8) is 0 Å². The Bertz CT molecular complexity index is 701. The minimum absolute atomic E-state index is 0.0894. The molecule has 1 saturated heterocycles. The molecule has 1 fully saturated rings. The molecular formula is C21H30N2O5. The second-order valence-corrected chi connectivity index (χ2v) is 8.11. The van der Waals surface area contributed by atoms with Gasteiger partial charge >= 0.3 is 5.97 Å². The largest absolute Gasteiger partial charge is 0.497 e. The average molecular weight is 390 g/mol. The molecular weight excluding hydrogens is 360 g/mol. The number of hydrogen-bond donors (Lipinski definition) is 1. The van der Waals surface area contributed by atoms with Crippen molar-refractivity contribution in [3.8, 4) is 5.75 Å². The number of esters is 1. The highest BCUT2D eigenvalue weighted by atomic mass is 16.5. The highest BCUT2D eigenvalue weighted by Crippen LogP contribution is 2.24. The molecule has 1 aromatic rings. The van der Waals surface area contributed by atoms with E-state index in [1.165, 1.54) is 0 Å². The summed E-state index contributed by atoms with van der Waals surface area (Å²) in [4.78, 5) is 38.8. The summed E-state index contributed by atoms with van der Waals surface area (Å²) < 4.78 is 10.4. The topological polar surface area (TPSA) is 84.9 Å². The van der Waals surface area contributed by atoms with Crippen LogP contribution in [0.2, 0.25) is 0 Å². The summed E-state index contributed by atoms with van der Waals surface area (Å²) in [7, 11) is 1.57. The molecule has 0 spiro atoms. The Morgan fingerprint density at radius 2 is 1.68 bits per heavy atom. The van der Waals surface area contributed by atoms with E-state index in [1.807, 2.05) is 20.8 Å². The fourth-order valence-electron chi connectivity index (χ4n) is 3.03. The smallest absolute Gasteiger partial charge is 0.309 e. The molecule has 0 bridgehead atoms. The molecule has 2 amide bonds. The lowest BCUT2D eigenvalue weighted by molar-refractivity contribution is -0.160. The molecule has 7 nitrogen and oxygen atoms in total. The zero-order valence-corrected chi connectivity index (χ0v) is 17.3.